The third kappa shape index (κ3) is 2.36. The van der Waals surface area contributed by atoms with Gasteiger partial charge in [-0.25, -0.2) is 4.98 Å². The fraction of sp³-hybridized carbons (Fsp3) is 0.385. The fourth-order valence-corrected chi connectivity index (χ4v) is 1.89. The molecular weight excluding hydrogens is 232 g/mol. The van der Waals surface area contributed by atoms with Gasteiger partial charge < -0.3 is 4.57 Å². The molecule has 2 rings (SSSR count). The molecule has 4 heteroatoms. The summed E-state index contributed by atoms with van der Waals surface area (Å²) in [6, 6.07) is 7.75. The van der Waals surface area contributed by atoms with Crippen molar-refractivity contribution in [2.45, 2.75) is 32.5 Å². The minimum Gasteiger partial charge on any atom is -0.312 e. The molecule has 0 fully saturated rings. The van der Waals surface area contributed by atoms with Crippen molar-refractivity contribution in [1.29, 1.82) is 0 Å². The van der Waals surface area contributed by atoms with Gasteiger partial charge in [0, 0.05) is 5.41 Å². The van der Waals surface area contributed by atoms with Crippen LogP contribution in [-0.4, -0.2) is 15.3 Å². The van der Waals surface area contributed by atoms with Gasteiger partial charge in [-0.3, -0.25) is 4.79 Å². The number of rotatable bonds is 2. The van der Waals surface area contributed by atoms with Gasteiger partial charge in [0.1, 0.15) is 0 Å². The molecule has 0 saturated heterocycles. The second-order valence-corrected chi connectivity index (χ2v) is 5.56. The molecule has 0 radical (unpaired) electrons. The van der Waals surface area contributed by atoms with Crippen LogP contribution in [0.5, 0.6) is 0 Å². The van der Waals surface area contributed by atoms with Crippen molar-refractivity contribution in [2.24, 2.45) is 5.41 Å². The number of fused-ring (bicyclic) bond motifs is 1. The Bertz CT molecular complexity index is 566. The molecule has 0 saturated carbocycles. The van der Waals surface area contributed by atoms with Crippen LogP contribution in [0.15, 0.2) is 29.4 Å². The highest BCUT2D eigenvalue weighted by molar-refractivity contribution is 7.80. The van der Waals surface area contributed by atoms with Gasteiger partial charge in [-0.2, -0.15) is 0 Å². The Hall–Kier alpha value is -1.29. The van der Waals surface area contributed by atoms with E-state index in [2.05, 4.69) is 17.6 Å². The molecule has 1 aromatic carbocycles. The van der Waals surface area contributed by atoms with Crippen LogP contribution in [0, 0.1) is 5.41 Å². The highest BCUT2D eigenvalue weighted by Crippen LogP contribution is 2.21. The highest BCUT2D eigenvalue weighted by Gasteiger charge is 2.22. The second-order valence-electron chi connectivity index (χ2n) is 5.16. The van der Waals surface area contributed by atoms with Crippen molar-refractivity contribution >= 4 is 29.4 Å². The zero-order valence-corrected chi connectivity index (χ0v) is 11.2. The predicted octanol–water partition coefficient (Wildman–Crippen LogP) is 2.94. The van der Waals surface area contributed by atoms with E-state index in [0.29, 0.717) is 11.7 Å². The van der Waals surface area contributed by atoms with Crippen molar-refractivity contribution in [3.05, 3.63) is 24.3 Å². The molecular formula is C13H16N2OS. The Labute approximate surface area is 106 Å². The Morgan fingerprint density at radius 1 is 1.35 bits per heavy atom. The third-order valence-corrected chi connectivity index (χ3v) is 3.11. The Morgan fingerprint density at radius 3 is 2.65 bits per heavy atom. The second kappa shape index (κ2) is 4.18. The lowest BCUT2D eigenvalue weighted by atomic mass is 9.91. The van der Waals surface area contributed by atoms with Crippen molar-refractivity contribution in [3.63, 3.8) is 0 Å². The van der Waals surface area contributed by atoms with Crippen molar-refractivity contribution in [1.82, 2.24) is 9.55 Å². The summed E-state index contributed by atoms with van der Waals surface area (Å²) in [5.74, 6) is 0.177. The number of nitrogens with zero attached hydrogens (tertiary/aromatic N) is 2. The molecule has 0 amide bonds. The van der Waals surface area contributed by atoms with E-state index in [1.54, 1.807) is 0 Å². The third-order valence-electron chi connectivity index (χ3n) is 2.77. The van der Waals surface area contributed by atoms with Crippen molar-refractivity contribution in [3.8, 4) is 0 Å². The molecule has 0 unspecified atom stereocenters. The zero-order valence-electron chi connectivity index (χ0n) is 10.3. The van der Waals surface area contributed by atoms with Crippen molar-refractivity contribution in [2.75, 3.05) is 0 Å². The van der Waals surface area contributed by atoms with Gasteiger partial charge in [0.25, 0.3) is 0 Å². The highest BCUT2D eigenvalue weighted by atomic mass is 32.1. The van der Waals surface area contributed by atoms with E-state index < -0.39 is 0 Å². The summed E-state index contributed by atoms with van der Waals surface area (Å²) in [6.45, 7) is 6.09. The van der Waals surface area contributed by atoms with Gasteiger partial charge in [0.15, 0.2) is 10.9 Å². The van der Waals surface area contributed by atoms with Gasteiger partial charge >= 0.3 is 0 Å². The lowest BCUT2D eigenvalue weighted by Crippen LogP contribution is -2.25. The number of imidazole rings is 1. The van der Waals surface area contributed by atoms with Crippen LogP contribution in [0.3, 0.4) is 0 Å². The number of ketones is 1. The molecule has 17 heavy (non-hydrogen) atoms. The molecule has 0 aliphatic heterocycles. The van der Waals surface area contributed by atoms with Crippen LogP contribution in [0.2, 0.25) is 0 Å². The summed E-state index contributed by atoms with van der Waals surface area (Å²) in [5.41, 5.74) is 1.49. The molecule has 0 bridgehead atoms. The van der Waals surface area contributed by atoms with E-state index in [-0.39, 0.29) is 11.2 Å². The quantitative estimate of drug-likeness (QED) is 0.829. The molecule has 1 aromatic heterocycles. The van der Waals surface area contributed by atoms with Crippen LogP contribution in [-0.2, 0) is 11.3 Å². The average Bonchev–Trinajstić information content (AvgIpc) is 2.54. The predicted molar refractivity (Wildman–Crippen MR) is 71.4 cm³/mol. The maximum absolute atomic E-state index is 12.0. The molecule has 1 heterocycles. The Balaban J connectivity index is 2.42. The van der Waals surface area contributed by atoms with E-state index in [9.17, 15) is 4.79 Å². The van der Waals surface area contributed by atoms with E-state index >= 15 is 0 Å². The number of aromatic nitrogens is 2. The maximum Gasteiger partial charge on any atom is 0.166 e. The number of hydrogen-bond donors (Lipinski definition) is 1. The fourth-order valence-electron chi connectivity index (χ4n) is 1.60. The minimum atomic E-state index is -0.342. The lowest BCUT2D eigenvalue weighted by molar-refractivity contribution is -0.126. The molecule has 3 nitrogen and oxygen atoms in total. The monoisotopic (exact) mass is 248 g/mol. The van der Waals surface area contributed by atoms with Gasteiger partial charge in [-0.15, -0.1) is 12.6 Å². The topological polar surface area (TPSA) is 34.9 Å². The van der Waals surface area contributed by atoms with Crippen molar-refractivity contribution < 1.29 is 4.79 Å². The van der Waals surface area contributed by atoms with Crippen LogP contribution < -0.4 is 0 Å². The first kappa shape index (κ1) is 12.2. The molecule has 0 N–H and O–H groups in total. The largest absolute Gasteiger partial charge is 0.312 e. The zero-order chi connectivity index (χ0) is 12.6. The molecule has 0 spiro atoms. The first-order chi connectivity index (χ1) is 7.89. The van der Waals surface area contributed by atoms with Crippen LogP contribution >= 0.6 is 12.6 Å². The van der Waals surface area contributed by atoms with Gasteiger partial charge in [-0.1, -0.05) is 32.9 Å². The molecule has 0 atom stereocenters. The van der Waals surface area contributed by atoms with E-state index in [1.807, 2.05) is 49.6 Å². The summed E-state index contributed by atoms with van der Waals surface area (Å²) < 4.78 is 1.85. The molecule has 0 aliphatic rings. The standard InChI is InChI=1S/C13H16N2OS/c1-13(2,3)11(16)8-15-10-7-5-4-6-9(10)14-12(15)17/h4-7H,8H2,1-3H3,(H,14,17). The normalized spacial score (nSPS) is 12.0. The van der Waals surface area contributed by atoms with Crippen LogP contribution in [0.25, 0.3) is 11.0 Å². The summed E-state index contributed by atoms with van der Waals surface area (Å²) >= 11 is 4.33. The SMILES string of the molecule is CC(C)(C)C(=O)Cn1c(S)nc2ccccc21. The average molecular weight is 248 g/mol. The molecule has 2 aromatic rings. The van der Waals surface area contributed by atoms with E-state index in [0.717, 1.165) is 11.0 Å². The Kier molecular flexibility index (Phi) is 3.00. The number of benzene rings is 1. The number of Topliss-reactive ketones (excluding diaryl/α,β-unsaturated/α-hetero) is 1. The number of carbonyl (C=O) groups excluding carboxylic acids is 1. The summed E-state index contributed by atoms with van der Waals surface area (Å²) in [5, 5.41) is 0.587. The van der Waals surface area contributed by atoms with Gasteiger partial charge in [0.2, 0.25) is 0 Å². The summed E-state index contributed by atoms with van der Waals surface area (Å²) in [6.07, 6.45) is 0. The number of thiol groups is 1. The van der Waals surface area contributed by atoms with E-state index in [1.165, 1.54) is 0 Å². The summed E-state index contributed by atoms with van der Waals surface area (Å²) in [4.78, 5) is 16.4. The summed E-state index contributed by atoms with van der Waals surface area (Å²) in [7, 11) is 0. The van der Waals surface area contributed by atoms with Crippen LogP contribution in [0.4, 0.5) is 0 Å². The van der Waals surface area contributed by atoms with Gasteiger partial charge in [-0.05, 0) is 12.1 Å². The number of para-hydroxylation sites is 2. The lowest BCUT2D eigenvalue weighted by Gasteiger charge is -2.17. The first-order valence-electron chi connectivity index (χ1n) is 5.57. The molecule has 0 aliphatic carbocycles. The number of hydrogen-bond acceptors (Lipinski definition) is 3. The van der Waals surface area contributed by atoms with E-state index in [4.69, 9.17) is 0 Å². The maximum atomic E-state index is 12.0. The first-order valence-corrected chi connectivity index (χ1v) is 6.02. The van der Waals surface area contributed by atoms with Crippen LogP contribution in [0.1, 0.15) is 20.8 Å². The minimum absolute atomic E-state index is 0.177. The Morgan fingerprint density at radius 2 is 2.00 bits per heavy atom. The molecule has 90 valence electrons. The smallest absolute Gasteiger partial charge is 0.166 e. The van der Waals surface area contributed by atoms with Gasteiger partial charge in [0.05, 0.1) is 17.6 Å². The number of carbonyl (C=O) groups is 1.